The van der Waals surface area contributed by atoms with Crippen molar-refractivity contribution in [1.29, 1.82) is 0 Å². The van der Waals surface area contributed by atoms with Gasteiger partial charge in [-0.2, -0.15) is 0 Å². The van der Waals surface area contributed by atoms with Crippen molar-refractivity contribution in [1.82, 2.24) is 5.32 Å². The Morgan fingerprint density at radius 2 is 1.78 bits per heavy atom. The van der Waals surface area contributed by atoms with Crippen LogP contribution in [-0.4, -0.2) is 26.7 Å². The molecule has 1 aromatic carbocycles. The molecule has 2 aromatic rings. The van der Waals surface area contributed by atoms with E-state index in [0.29, 0.717) is 18.7 Å². The fourth-order valence-corrected chi connectivity index (χ4v) is 4.72. The Bertz CT molecular complexity index is 1130. The molecule has 7 heteroatoms. The van der Waals surface area contributed by atoms with E-state index in [0.717, 1.165) is 52.1 Å². The maximum Gasteiger partial charge on any atom is 0.131 e. The normalized spacial score (nSPS) is 16.1. The number of hydrogen-bond donors (Lipinski definition) is 3. The largest absolute Gasteiger partial charge is 0.387 e. The summed E-state index contributed by atoms with van der Waals surface area (Å²) in [6.07, 6.45) is 6.66. The number of rotatable bonds is 11. The first kappa shape index (κ1) is 24.0. The van der Waals surface area contributed by atoms with Gasteiger partial charge in [-0.3, -0.25) is 0 Å². The van der Waals surface area contributed by atoms with Crippen LogP contribution < -0.4 is 25.8 Å². The number of benzene rings is 1. The van der Waals surface area contributed by atoms with E-state index in [2.05, 4.69) is 39.7 Å². The number of nitrogens with zero attached hydrogens (tertiary/aromatic N) is 1. The van der Waals surface area contributed by atoms with Gasteiger partial charge < -0.3 is 16.0 Å². The molecule has 1 aromatic heterocycles. The van der Waals surface area contributed by atoms with E-state index in [4.69, 9.17) is 0 Å². The lowest BCUT2D eigenvalue weighted by atomic mass is 10.1. The maximum absolute atomic E-state index is 14.7. The van der Waals surface area contributed by atoms with Crippen molar-refractivity contribution in [2.24, 2.45) is 4.99 Å². The summed E-state index contributed by atoms with van der Waals surface area (Å²) < 4.78 is 30.3. The molecule has 0 radical (unpaired) electrons. The van der Waals surface area contributed by atoms with Crippen LogP contribution in [0, 0.1) is 23.5 Å². The van der Waals surface area contributed by atoms with E-state index in [9.17, 15) is 8.78 Å². The third kappa shape index (κ3) is 6.18. The Labute approximate surface area is 192 Å². The van der Waals surface area contributed by atoms with Crippen LogP contribution in [0.2, 0.25) is 0 Å². The second kappa shape index (κ2) is 11.8. The SMILES string of the molecule is CCCCNCCNc1cc(F)c(CCc2sc3/c(c2NC)=C\C#C/C=C(C)\N=3)c(F)c1. The van der Waals surface area contributed by atoms with Crippen molar-refractivity contribution in [2.75, 3.05) is 37.3 Å². The van der Waals surface area contributed by atoms with Crippen LogP contribution in [0.15, 0.2) is 28.9 Å². The van der Waals surface area contributed by atoms with E-state index in [1.807, 2.05) is 20.0 Å². The number of aryl methyl sites for hydroxylation is 1. The van der Waals surface area contributed by atoms with Crippen LogP contribution in [0.3, 0.4) is 0 Å². The molecule has 0 aliphatic carbocycles. The molecule has 0 fully saturated rings. The highest BCUT2D eigenvalue weighted by atomic mass is 32.1. The molecule has 0 bridgehead atoms. The quantitative estimate of drug-likeness (QED) is 0.354. The summed E-state index contributed by atoms with van der Waals surface area (Å²) in [6.45, 7) is 6.37. The summed E-state index contributed by atoms with van der Waals surface area (Å²) in [7, 11) is 1.84. The molecule has 1 aliphatic rings. The van der Waals surface area contributed by atoms with E-state index < -0.39 is 11.6 Å². The second-order valence-corrected chi connectivity index (χ2v) is 8.73. The molecule has 0 amide bonds. The van der Waals surface area contributed by atoms with Crippen LogP contribution in [0.4, 0.5) is 20.2 Å². The van der Waals surface area contributed by atoms with Crippen molar-refractivity contribution < 1.29 is 8.78 Å². The second-order valence-electron chi connectivity index (χ2n) is 7.65. The van der Waals surface area contributed by atoms with Gasteiger partial charge >= 0.3 is 0 Å². The van der Waals surface area contributed by atoms with E-state index in [1.54, 1.807) is 6.08 Å². The molecular weight excluding hydrogens is 426 g/mol. The number of unbranched alkanes of at least 4 members (excludes halogenated alkanes) is 1. The predicted molar refractivity (Wildman–Crippen MR) is 131 cm³/mol. The number of thiophene rings is 1. The van der Waals surface area contributed by atoms with Crippen LogP contribution in [0.5, 0.6) is 0 Å². The fraction of sp³-hybridized carbons (Fsp3) is 0.400. The summed E-state index contributed by atoms with van der Waals surface area (Å²) in [5, 5.41) is 10.5. The van der Waals surface area contributed by atoms with Gasteiger partial charge in [-0.15, -0.1) is 11.3 Å². The van der Waals surface area contributed by atoms with Crippen LogP contribution in [0.25, 0.3) is 6.08 Å². The van der Waals surface area contributed by atoms with Gasteiger partial charge in [0.1, 0.15) is 16.3 Å². The molecule has 170 valence electrons. The lowest BCUT2D eigenvalue weighted by Crippen LogP contribution is -2.23. The zero-order valence-electron chi connectivity index (χ0n) is 18.9. The van der Waals surface area contributed by atoms with E-state index >= 15 is 0 Å². The van der Waals surface area contributed by atoms with Gasteiger partial charge in [0.15, 0.2) is 0 Å². The minimum atomic E-state index is -0.520. The Balaban J connectivity index is 1.71. The van der Waals surface area contributed by atoms with Gasteiger partial charge in [0.25, 0.3) is 0 Å². The first-order chi connectivity index (χ1) is 15.5. The zero-order chi connectivity index (χ0) is 22.9. The average molecular weight is 457 g/mol. The summed E-state index contributed by atoms with van der Waals surface area (Å²) in [5.74, 6) is 4.92. The lowest BCUT2D eigenvalue weighted by Gasteiger charge is -2.11. The topological polar surface area (TPSA) is 48.4 Å². The molecule has 0 spiro atoms. The Kier molecular flexibility index (Phi) is 8.83. The number of halogens is 2. The smallest absolute Gasteiger partial charge is 0.131 e. The molecule has 3 N–H and O–H groups in total. The molecule has 0 unspecified atom stereocenters. The zero-order valence-corrected chi connectivity index (χ0v) is 19.7. The molecule has 4 nitrogen and oxygen atoms in total. The summed E-state index contributed by atoms with van der Waals surface area (Å²) in [4.78, 5) is 5.63. The van der Waals surface area contributed by atoms with Gasteiger partial charge in [-0.25, -0.2) is 13.8 Å². The third-order valence-corrected chi connectivity index (χ3v) is 6.35. The fourth-order valence-electron chi connectivity index (χ4n) is 3.50. The number of fused-ring (bicyclic) bond motifs is 1. The number of hydrogen-bond acceptors (Lipinski definition) is 5. The highest BCUT2D eigenvalue weighted by molar-refractivity contribution is 7.10. The Morgan fingerprint density at radius 1 is 1.03 bits per heavy atom. The summed E-state index contributed by atoms with van der Waals surface area (Å²) >= 11 is 1.53. The number of anilines is 2. The molecule has 2 heterocycles. The van der Waals surface area contributed by atoms with Gasteiger partial charge in [-0.05, 0) is 44.9 Å². The van der Waals surface area contributed by atoms with Crippen molar-refractivity contribution >= 4 is 28.8 Å². The molecular formula is C25H30F2N4S. The number of nitrogens with one attached hydrogen (secondary N) is 3. The van der Waals surface area contributed by atoms with Gasteiger partial charge in [-0.1, -0.05) is 25.2 Å². The minimum absolute atomic E-state index is 0.108. The van der Waals surface area contributed by atoms with Crippen LogP contribution >= 0.6 is 11.3 Å². The van der Waals surface area contributed by atoms with E-state index in [-0.39, 0.29) is 12.0 Å². The van der Waals surface area contributed by atoms with Crippen LogP contribution in [-0.2, 0) is 12.8 Å². The summed E-state index contributed by atoms with van der Waals surface area (Å²) in [6, 6.07) is 2.76. The lowest BCUT2D eigenvalue weighted by molar-refractivity contribution is 0.555. The van der Waals surface area contributed by atoms with Gasteiger partial charge in [0.05, 0.1) is 5.69 Å². The van der Waals surface area contributed by atoms with Crippen molar-refractivity contribution in [3.05, 3.63) is 55.9 Å². The number of allylic oxidation sites excluding steroid dienone is 2. The molecule has 0 saturated heterocycles. The molecule has 32 heavy (non-hydrogen) atoms. The van der Waals surface area contributed by atoms with E-state index in [1.165, 1.54) is 23.5 Å². The highest BCUT2D eigenvalue weighted by Crippen LogP contribution is 2.23. The van der Waals surface area contributed by atoms with Crippen LogP contribution in [0.1, 0.15) is 37.1 Å². The summed E-state index contributed by atoms with van der Waals surface area (Å²) in [5.41, 5.74) is 2.33. The van der Waals surface area contributed by atoms with Gasteiger partial charge in [0.2, 0.25) is 0 Å². The molecule has 0 saturated carbocycles. The van der Waals surface area contributed by atoms with Crippen molar-refractivity contribution in [3.8, 4) is 11.8 Å². The Morgan fingerprint density at radius 3 is 2.50 bits per heavy atom. The first-order valence-corrected chi connectivity index (χ1v) is 11.8. The maximum atomic E-state index is 14.7. The third-order valence-electron chi connectivity index (χ3n) is 5.19. The van der Waals surface area contributed by atoms with Gasteiger partial charge in [0, 0.05) is 59.3 Å². The first-order valence-electron chi connectivity index (χ1n) is 11.0. The van der Waals surface area contributed by atoms with Crippen molar-refractivity contribution in [3.63, 3.8) is 0 Å². The predicted octanol–water partition coefficient (Wildman–Crippen LogP) is 3.98. The van der Waals surface area contributed by atoms with Crippen molar-refractivity contribution in [2.45, 2.75) is 39.5 Å². The Hall–Kier alpha value is -2.69. The average Bonchev–Trinajstić information content (AvgIpc) is 3.06. The molecule has 1 aliphatic heterocycles. The molecule has 3 rings (SSSR count). The monoisotopic (exact) mass is 456 g/mol. The minimum Gasteiger partial charge on any atom is -0.387 e. The molecule has 0 atom stereocenters. The highest BCUT2D eigenvalue weighted by Gasteiger charge is 2.15. The standard InChI is InChI=1S/C25H30F2N4S/c1-4-5-12-29-13-14-30-18-15-21(26)19(22(27)16-18)10-11-23-24(28-3)20-9-7-6-8-17(2)31-25(20)32-23/h8-9,15-16,28-30H,4-5,10-14H2,1-3H3/b17-8-,20-9-,31-17?,31-25+.